The van der Waals surface area contributed by atoms with Crippen molar-refractivity contribution in [3.05, 3.63) is 58.3 Å². The van der Waals surface area contributed by atoms with Crippen LogP contribution in [0.15, 0.2) is 47.1 Å². The van der Waals surface area contributed by atoms with Gasteiger partial charge >= 0.3 is 0 Å². The minimum Gasteiger partial charge on any atom is -0.324 e. The lowest BCUT2D eigenvalue weighted by Gasteiger charge is -2.18. The number of nitrogens with one attached hydrogen (secondary N) is 2. The van der Waals surface area contributed by atoms with Gasteiger partial charge in [-0.2, -0.15) is 0 Å². The number of nitrogens with zero attached hydrogens (tertiary/aromatic N) is 1. The standard InChI is InChI=1S/C15H14BrN3O/c1-9(11-6-2-3-8-17-11)18-14-13-10(16)5-4-7-12(13)19-15(14)20/h2-9,14,18H,1H3,(H,19,20). The molecule has 3 rings (SSSR count). The first-order chi connectivity index (χ1) is 9.66. The predicted molar refractivity (Wildman–Crippen MR) is 81.3 cm³/mol. The highest BCUT2D eigenvalue weighted by molar-refractivity contribution is 9.10. The summed E-state index contributed by atoms with van der Waals surface area (Å²) in [5.41, 5.74) is 2.73. The van der Waals surface area contributed by atoms with Crippen LogP contribution < -0.4 is 10.6 Å². The molecule has 1 aromatic heterocycles. The molecule has 20 heavy (non-hydrogen) atoms. The van der Waals surface area contributed by atoms with Gasteiger partial charge in [-0.15, -0.1) is 0 Å². The van der Waals surface area contributed by atoms with Crippen LogP contribution in [0.5, 0.6) is 0 Å². The second-order valence-corrected chi connectivity index (χ2v) is 5.62. The fraction of sp³-hybridized carbons (Fsp3) is 0.200. The minimum absolute atomic E-state index is 0.00925. The molecular weight excluding hydrogens is 318 g/mol. The van der Waals surface area contributed by atoms with E-state index in [0.717, 1.165) is 21.4 Å². The summed E-state index contributed by atoms with van der Waals surface area (Å²) < 4.78 is 0.930. The number of hydrogen-bond donors (Lipinski definition) is 2. The summed E-state index contributed by atoms with van der Waals surface area (Å²) in [4.78, 5) is 16.5. The Balaban J connectivity index is 1.87. The first-order valence-electron chi connectivity index (χ1n) is 6.43. The molecule has 0 aliphatic carbocycles. The number of pyridine rings is 1. The van der Waals surface area contributed by atoms with Crippen molar-refractivity contribution in [2.75, 3.05) is 5.32 Å². The first-order valence-corrected chi connectivity index (χ1v) is 7.22. The SMILES string of the molecule is CC(NC1C(=O)Nc2cccc(Br)c21)c1ccccn1. The van der Waals surface area contributed by atoms with E-state index in [-0.39, 0.29) is 18.0 Å². The third-order valence-electron chi connectivity index (χ3n) is 3.41. The lowest BCUT2D eigenvalue weighted by Crippen LogP contribution is -2.30. The van der Waals surface area contributed by atoms with Crippen molar-refractivity contribution in [2.24, 2.45) is 0 Å². The largest absolute Gasteiger partial charge is 0.324 e. The molecule has 0 fully saturated rings. The molecule has 0 saturated carbocycles. The third kappa shape index (κ3) is 2.34. The molecule has 0 bridgehead atoms. The molecule has 2 heterocycles. The number of benzene rings is 1. The number of halogens is 1. The second-order valence-electron chi connectivity index (χ2n) is 4.77. The van der Waals surface area contributed by atoms with Gasteiger partial charge in [-0.25, -0.2) is 0 Å². The van der Waals surface area contributed by atoms with Crippen molar-refractivity contribution in [3.8, 4) is 0 Å². The van der Waals surface area contributed by atoms with Crippen LogP contribution in [0, 0.1) is 0 Å². The van der Waals surface area contributed by atoms with Gasteiger partial charge in [0.2, 0.25) is 5.91 Å². The van der Waals surface area contributed by atoms with Gasteiger partial charge in [0, 0.05) is 28.0 Å². The van der Waals surface area contributed by atoms with Gasteiger partial charge in [0.25, 0.3) is 0 Å². The van der Waals surface area contributed by atoms with Crippen LogP contribution in [0.1, 0.15) is 30.3 Å². The number of carbonyl (C=O) groups is 1. The highest BCUT2D eigenvalue weighted by atomic mass is 79.9. The second kappa shape index (κ2) is 5.34. The smallest absolute Gasteiger partial charge is 0.246 e. The van der Waals surface area contributed by atoms with Gasteiger partial charge in [-0.1, -0.05) is 28.1 Å². The van der Waals surface area contributed by atoms with E-state index in [1.807, 2.05) is 43.3 Å². The van der Waals surface area contributed by atoms with Gasteiger partial charge in [-0.05, 0) is 31.2 Å². The van der Waals surface area contributed by atoms with Crippen LogP contribution in [0.4, 0.5) is 5.69 Å². The summed E-state index contributed by atoms with van der Waals surface area (Å²) in [6.45, 7) is 2.00. The number of carbonyl (C=O) groups excluding carboxylic acids is 1. The monoisotopic (exact) mass is 331 g/mol. The molecule has 1 aromatic carbocycles. The zero-order valence-corrected chi connectivity index (χ0v) is 12.5. The maximum Gasteiger partial charge on any atom is 0.246 e. The van der Waals surface area contributed by atoms with Crippen molar-refractivity contribution in [3.63, 3.8) is 0 Å². The summed E-state index contributed by atoms with van der Waals surface area (Å²) in [5, 5.41) is 6.23. The van der Waals surface area contributed by atoms with Crippen LogP contribution in [-0.4, -0.2) is 10.9 Å². The first kappa shape index (κ1) is 13.3. The summed E-state index contributed by atoms with van der Waals surface area (Å²) >= 11 is 3.51. The van der Waals surface area contributed by atoms with Gasteiger partial charge < -0.3 is 5.32 Å². The van der Waals surface area contributed by atoms with Gasteiger partial charge in [0.15, 0.2) is 0 Å². The Kier molecular flexibility index (Phi) is 3.54. The number of anilines is 1. The van der Waals surface area contributed by atoms with Crippen LogP contribution in [0.2, 0.25) is 0 Å². The van der Waals surface area contributed by atoms with Crippen LogP contribution in [0.25, 0.3) is 0 Å². The average Bonchev–Trinajstić information content (AvgIpc) is 2.77. The predicted octanol–water partition coefficient (Wildman–Crippen LogP) is 3.19. The van der Waals surface area contributed by atoms with E-state index in [0.29, 0.717) is 0 Å². The molecule has 0 saturated heterocycles. The minimum atomic E-state index is -0.363. The van der Waals surface area contributed by atoms with E-state index in [1.54, 1.807) is 6.20 Å². The molecule has 1 aliphatic heterocycles. The van der Waals surface area contributed by atoms with E-state index in [2.05, 4.69) is 31.5 Å². The van der Waals surface area contributed by atoms with Crippen LogP contribution in [-0.2, 0) is 4.79 Å². The fourth-order valence-corrected chi connectivity index (χ4v) is 3.00. The van der Waals surface area contributed by atoms with E-state index < -0.39 is 0 Å². The molecule has 0 spiro atoms. The number of aromatic nitrogens is 1. The lowest BCUT2D eigenvalue weighted by molar-refractivity contribution is -0.117. The van der Waals surface area contributed by atoms with Crippen LogP contribution in [0.3, 0.4) is 0 Å². The Bertz CT molecular complexity index is 645. The zero-order chi connectivity index (χ0) is 14.1. The maximum atomic E-state index is 12.1. The highest BCUT2D eigenvalue weighted by Crippen LogP contribution is 2.37. The Hall–Kier alpha value is -1.72. The molecule has 2 N–H and O–H groups in total. The maximum absolute atomic E-state index is 12.1. The average molecular weight is 332 g/mol. The van der Waals surface area contributed by atoms with Gasteiger partial charge in [0.1, 0.15) is 6.04 Å². The van der Waals surface area contributed by atoms with E-state index in [1.165, 1.54) is 0 Å². The molecule has 1 aliphatic rings. The summed E-state index contributed by atoms with van der Waals surface area (Å²) in [6, 6.07) is 11.2. The van der Waals surface area contributed by atoms with E-state index >= 15 is 0 Å². The van der Waals surface area contributed by atoms with Crippen molar-refractivity contribution in [1.29, 1.82) is 0 Å². The summed E-state index contributed by atoms with van der Waals surface area (Å²) in [7, 11) is 0. The number of fused-ring (bicyclic) bond motifs is 1. The number of amides is 1. The van der Waals surface area contributed by atoms with Crippen molar-refractivity contribution in [2.45, 2.75) is 19.0 Å². The van der Waals surface area contributed by atoms with Gasteiger partial charge in [0.05, 0.1) is 5.69 Å². The Labute approximate surface area is 125 Å². The van der Waals surface area contributed by atoms with Crippen molar-refractivity contribution >= 4 is 27.5 Å². The molecule has 5 heteroatoms. The van der Waals surface area contributed by atoms with Crippen LogP contribution >= 0.6 is 15.9 Å². The van der Waals surface area contributed by atoms with Crippen molar-refractivity contribution < 1.29 is 4.79 Å². The summed E-state index contributed by atoms with van der Waals surface area (Å²) in [6.07, 6.45) is 1.76. The van der Waals surface area contributed by atoms with E-state index in [4.69, 9.17) is 0 Å². The Morgan fingerprint density at radius 1 is 1.30 bits per heavy atom. The lowest BCUT2D eigenvalue weighted by atomic mass is 10.1. The molecule has 2 aromatic rings. The topological polar surface area (TPSA) is 54.0 Å². The molecule has 2 atom stereocenters. The molecule has 2 unspecified atom stereocenters. The number of hydrogen-bond acceptors (Lipinski definition) is 3. The Morgan fingerprint density at radius 3 is 2.90 bits per heavy atom. The molecule has 4 nitrogen and oxygen atoms in total. The normalized spacial score (nSPS) is 18.5. The molecule has 0 radical (unpaired) electrons. The zero-order valence-electron chi connectivity index (χ0n) is 10.9. The molecule has 1 amide bonds. The Morgan fingerprint density at radius 2 is 2.15 bits per heavy atom. The number of rotatable bonds is 3. The quantitative estimate of drug-likeness (QED) is 0.908. The fourth-order valence-electron chi connectivity index (χ4n) is 2.40. The van der Waals surface area contributed by atoms with E-state index in [9.17, 15) is 4.79 Å². The van der Waals surface area contributed by atoms with Crippen molar-refractivity contribution in [1.82, 2.24) is 10.3 Å². The van der Waals surface area contributed by atoms with Gasteiger partial charge in [-0.3, -0.25) is 15.1 Å². The molecule has 102 valence electrons. The highest BCUT2D eigenvalue weighted by Gasteiger charge is 2.33. The summed E-state index contributed by atoms with van der Waals surface area (Å²) in [5.74, 6) is -0.0327. The third-order valence-corrected chi connectivity index (χ3v) is 4.10. The molecular formula is C15H14BrN3O.